The van der Waals surface area contributed by atoms with Gasteiger partial charge in [0.05, 0.1) is 6.54 Å². The van der Waals surface area contributed by atoms with Crippen molar-refractivity contribution < 1.29 is 13.6 Å². The van der Waals surface area contributed by atoms with Crippen molar-refractivity contribution in [1.29, 1.82) is 0 Å². The van der Waals surface area contributed by atoms with Gasteiger partial charge in [0.2, 0.25) is 5.89 Å². The molecule has 1 fully saturated rings. The van der Waals surface area contributed by atoms with Crippen LogP contribution in [0.25, 0.3) is 0 Å². The Morgan fingerprint density at radius 3 is 2.52 bits per heavy atom. The van der Waals surface area contributed by atoms with E-state index in [1.807, 2.05) is 12.1 Å². The Morgan fingerprint density at radius 2 is 1.79 bits per heavy atom. The first-order chi connectivity index (χ1) is 14.2. The van der Waals surface area contributed by atoms with Gasteiger partial charge in [0, 0.05) is 50.8 Å². The van der Waals surface area contributed by atoms with Gasteiger partial charge in [-0.25, -0.2) is 9.37 Å². The molecular formula is C21H22FN5O2. The molecule has 0 atom stereocenters. The number of nitrogens with zero attached hydrogens (tertiary/aromatic N) is 4. The summed E-state index contributed by atoms with van der Waals surface area (Å²) in [6, 6.07) is 10.3. The van der Waals surface area contributed by atoms with Crippen LogP contribution < -0.4 is 10.2 Å². The van der Waals surface area contributed by atoms with Gasteiger partial charge in [0.15, 0.2) is 5.69 Å². The first-order valence-electron chi connectivity index (χ1n) is 9.52. The first-order valence-corrected chi connectivity index (χ1v) is 9.52. The normalized spacial score (nSPS) is 14.7. The summed E-state index contributed by atoms with van der Waals surface area (Å²) >= 11 is 0. The molecule has 1 aliphatic heterocycles. The van der Waals surface area contributed by atoms with Crippen LogP contribution in [-0.4, -0.2) is 47.0 Å². The third-order valence-electron chi connectivity index (χ3n) is 4.91. The molecule has 1 aliphatic rings. The SMILES string of the molecule is O=C(NCc1ccncc1)c1coc(CN2CCN(c3ccc(F)cc3)CC2)n1. The van der Waals surface area contributed by atoms with Crippen molar-refractivity contribution >= 4 is 11.6 Å². The Morgan fingerprint density at radius 1 is 1.07 bits per heavy atom. The molecule has 2 aromatic heterocycles. The molecule has 0 saturated carbocycles. The monoisotopic (exact) mass is 395 g/mol. The van der Waals surface area contributed by atoms with E-state index in [1.54, 1.807) is 24.5 Å². The number of nitrogens with one attached hydrogen (secondary N) is 1. The van der Waals surface area contributed by atoms with Crippen LogP contribution in [0.3, 0.4) is 0 Å². The van der Waals surface area contributed by atoms with Gasteiger partial charge < -0.3 is 14.6 Å². The standard InChI is InChI=1S/C21H22FN5O2/c22-17-1-3-18(4-2-17)27-11-9-26(10-12-27)14-20-25-19(15-29-20)21(28)24-13-16-5-7-23-8-6-16/h1-8,15H,9-14H2,(H,24,28). The van der Waals surface area contributed by atoms with Crippen molar-refractivity contribution in [3.63, 3.8) is 0 Å². The second-order valence-corrected chi connectivity index (χ2v) is 6.90. The highest BCUT2D eigenvalue weighted by Gasteiger charge is 2.20. The Bertz CT molecular complexity index is 937. The molecule has 1 N–H and O–H groups in total. The second kappa shape index (κ2) is 8.83. The molecule has 0 radical (unpaired) electrons. The van der Waals surface area contributed by atoms with Gasteiger partial charge in [0.1, 0.15) is 12.1 Å². The van der Waals surface area contributed by atoms with E-state index in [-0.39, 0.29) is 17.4 Å². The maximum absolute atomic E-state index is 13.1. The molecular weight excluding hydrogens is 373 g/mol. The zero-order valence-electron chi connectivity index (χ0n) is 15.9. The minimum atomic E-state index is -0.266. The number of amides is 1. The number of carbonyl (C=O) groups is 1. The molecule has 1 saturated heterocycles. The molecule has 1 amide bonds. The average Bonchev–Trinajstić information content (AvgIpc) is 3.23. The number of piperazine rings is 1. The number of anilines is 1. The van der Waals surface area contributed by atoms with Gasteiger partial charge in [-0.15, -0.1) is 0 Å². The van der Waals surface area contributed by atoms with E-state index >= 15 is 0 Å². The first kappa shape index (κ1) is 19.1. The lowest BCUT2D eigenvalue weighted by Gasteiger charge is -2.35. The van der Waals surface area contributed by atoms with Crippen molar-refractivity contribution in [3.05, 3.63) is 78.0 Å². The number of rotatable bonds is 6. The van der Waals surface area contributed by atoms with Crippen LogP contribution in [0, 0.1) is 5.82 Å². The van der Waals surface area contributed by atoms with Crippen LogP contribution in [0.5, 0.6) is 0 Å². The smallest absolute Gasteiger partial charge is 0.273 e. The molecule has 0 spiro atoms. The van der Waals surface area contributed by atoms with Crippen LogP contribution in [0.4, 0.5) is 10.1 Å². The topological polar surface area (TPSA) is 74.5 Å². The van der Waals surface area contributed by atoms with E-state index in [4.69, 9.17) is 4.42 Å². The predicted octanol–water partition coefficient (Wildman–Crippen LogP) is 2.46. The summed E-state index contributed by atoms with van der Waals surface area (Å²) in [6.07, 6.45) is 4.77. The Hall–Kier alpha value is -3.26. The predicted molar refractivity (Wildman–Crippen MR) is 106 cm³/mol. The number of halogens is 1. The molecule has 29 heavy (non-hydrogen) atoms. The Kier molecular flexibility index (Phi) is 5.81. The fourth-order valence-electron chi connectivity index (χ4n) is 3.27. The summed E-state index contributed by atoms with van der Waals surface area (Å²) in [5.41, 5.74) is 2.27. The molecule has 8 heteroatoms. The number of oxazole rings is 1. The molecule has 4 rings (SSSR count). The van der Waals surface area contributed by atoms with Crippen LogP contribution in [0.1, 0.15) is 21.9 Å². The minimum absolute atomic E-state index is 0.225. The van der Waals surface area contributed by atoms with Crippen molar-refractivity contribution in [2.75, 3.05) is 31.1 Å². The zero-order chi connectivity index (χ0) is 20.1. The lowest BCUT2D eigenvalue weighted by Crippen LogP contribution is -2.46. The number of benzene rings is 1. The van der Waals surface area contributed by atoms with Crippen molar-refractivity contribution in [1.82, 2.24) is 20.2 Å². The van der Waals surface area contributed by atoms with Gasteiger partial charge in [-0.1, -0.05) is 0 Å². The van der Waals surface area contributed by atoms with Crippen molar-refractivity contribution in [2.45, 2.75) is 13.1 Å². The number of carbonyl (C=O) groups excluding carboxylic acids is 1. The van der Waals surface area contributed by atoms with Gasteiger partial charge in [-0.05, 0) is 42.0 Å². The number of hydrogen-bond acceptors (Lipinski definition) is 6. The van der Waals surface area contributed by atoms with Crippen LogP contribution in [-0.2, 0) is 13.1 Å². The van der Waals surface area contributed by atoms with E-state index in [0.717, 1.165) is 37.4 Å². The fraction of sp³-hybridized carbons (Fsp3) is 0.286. The summed E-state index contributed by atoms with van der Waals surface area (Å²) in [7, 11) is 0. The summed E-state index contributed by atoms with van der Waals surface area (Å²) in [5.74, 6) is 0.0316. The highest BCUT2D eigenvalue weighted by atomic mass is 19.1. The number of pyridine rings is 1. The van der Waals surface area contributed by atoms with E-state index < -0.39 is 0 Å². The van der Waals surface area contributed by atoms with Crippen molar-refractivity contribution in [2.24, 2.45) is 0 Å². The fourth-order valence-corrected chi connectivity index (χ4v) is 3.27. The van der Waals surface area contributed by atoms with Crippen LogP contribution in [0.15, 0.2) is 59.5 Å². The van der Waals surface area contributed by atoms with Crippen LogP contribution >= 0.6 is 0 Å². The maximum atomic E-state index is 13.1. The largest absolute Gasteiger partial charge is 0.447 e. The lowest BCUT2D eigenvalue weighted by molar-refractivity contribution is 0.0945. The molecule has 0 bridgehead atoms. The van der Waals surface area contributed by atoms with Gasteiger partial charge >= 0.3 is 0 Å². The quantitative estimate of drug-likeness (QED) is 0.691. The average molecular weight is 395 g/mol. The molecule has 3 aromatic rings. The molecule has 0 aliphatic carbocycles. The summed E-state index contributed by atoms with van der Waals surface area (Å²) in [6.45, 7) is 4.31. The molecule has 0 unspecified atom stereocenters. The van der Waals surface area contributed by atoms with Gasteiger partial charge in [-0.3, -0.25) is 14.7 Å². The highest BCUT2D eigenvalue weighted by molar-refractivity contribution is 5.91. The molecule has 3 heterocycles. The summed E-state index contributed by atoms with van der Waals surface area (Å²) in [4.78, 5) is 25.0. The van der Waals surface area contributed by atoms with E-state index in [9.17, 15) is 9.18 Å². The van der Waals surface area contributed by atoms with E-state index in [1.165, 1.54) is 18.4 Å². The third-order valence-corrected chi connectivity index (χ3v) is 4.91. The summed E-state index contributed by atoms with van der Waals surface area (Å²) < 4.78 is 18.6. The number of aromatic nitrogens is 2. The Labute approximate surface area is 168 Å². The van der Waals surface area contributed by atoms with Gasteiger partial charge in [0.25, 0.3) is 5.91 Å². The van der Waals surface area contributed by atoms with E-state index in [0.29, 0.717) is 19.0 Å². The summed E-state index contributed by atoms with van der Waals surface area (Å²) in [5, 5.41) is 2.82. The third kappa shape index (κ3) is 4.97. The molecule has 7 nitrogen and oxygen atoms in total. The van der Waals surface area contributed by atoms with Crippen LogP contribution in [0.2, 0.25) is 0 Å². The number of hydrogen-bond donors (Lipinski definition) is 1. The van der Waals surface area contributed by atoms with Gasteiger partial charge in [-0.2, -0.15) is 0 Å². The van der Waals surface area contributed by atoms with E-state index in [2.05, 4.69) is 25.1 Å². The minimum Gasteiger partial charge on any atom is -0.447 e. The highest BCUT2D eigenvalue weighted by Crippen LogP contribution is 2.18. The zero-order valence-corrected chi connectivity index (χ0v) is 15.9. The molecule has 150 valence electrons. The lowest BCUT2D eigenvalue weighted by atomic mass is 10.2. The molecule has 1 aromatic carbocycles. The van der Waals surface area contributed by atoms with Crippen molar-refractivity contribution in [3.8, 4) is 0 Å². The second-order valence-electron chi connectivity index (χ2n) is 6.90. The Balaban J connectivity index is 1.26. The maximum Gasteiger partial charge on any atom is 0.273 e.